The van der Waals surface area contributed by atoms with Crippen LogP contribution in [0.3, 0.4) is 0 Å². The van der Waals surface area contributed by atoms with Gasteiger partial charge < -0.3 is 10.5 Å². The number of alkyl halides is 2. The van der Waals surface area contributed by atoms with Gasteiger partial charge in [0.15, 0.2) is 6.61 Å². The smallest absolute Gasteiger partial charge is 0.310 e. The molecular weight excluding hydrogens is 286 g/mol. The minimum absolute atomic E-state index is 0.0865. The minimum Gasteiger partial charge on any atom is -0.486 e. The Labute approximate surface area is 119 Å². The molecule has 2 atom stereocenters. The summed E-state index contributed by atoms with van der Waals surface area (Å²) in [6.45, 7) is 4.70. The van der Waals surface area contributed by atoms with Crippen LogP contribution in [0.4, 0.5) is 8.78 Å². The Kier molecular flexibility index (Phi) is 3.88. The number of halogens is 2. The third-order valence-corrected chi connectivity index (χ3v) is 4.54. The molecule has 1 aliphatic rings. The van der Waals surface area contributed by atoms with E-state index >= 15 is 0 Å². The fraction of sp³-hybridized carbons (Fsp3) is 0.538. The largest absolute Gasteiger partial charge is 0.486 e. The van der Waals surface area contributed by atoms with Crippen molar-refractivity contribution in [3.63, 3.8) is 0 Å². The Morgan fingerprint density at radius 1 is 1.45 bits per heavy atom. The molecule has 0 fully saturated rings. The highest BCUT2D eigenvalue weighted by molar-refractivity contribution is 7.84. The lowest BCUT2D eigenvalue weighted by Crippen LogP contribution is -2.39. The van der Waals surface area contributed by atoms with Gasteiger partial charge in [0.1, 0.15) is 5.75 Å². The lowest BCUT2D eigenvalue weighted by Gasteiger charge is -2.22. The third-order valence-electron chi connectivity index (χ3n) is 2.96. The molecule has 3 N–H and O–H groups in total. The topological polar surface area (TPSA) is 64.4 Å². The summed E-state index contributed by atoms with van der Waals surface area (Å²) in [6, 6.07) is 4.41. The Balaban J connectivity index is 2.27. The fourth-order valence-electron chi connectivity index (χ4n) is 1.85. The van der Waals surface area contributed by atoms with E-state index in [1.807, 2.05) is 0 Å². The Morgan fingerprint density at radius 3 is 2.70 bits per heavy atom. The van der Waals surface area contributed by atoms with Gasteiger partial charge in [-0.2, -0.15) is 8.78 Å². The second-order valence-electron chi connectivity index (χ2n) is 5.69. The molecule has 0 spiro atoms. The number of nitrogens with one attached hydrogen (secondary N) is 1. The number of nitrogens with two attached hydrogens (primary N) is 1. The lowest BCUT2D eigenvalue weighted by atomic mass is 10.0. The van der Waals surface area contributed by atoms with Crippen LogP contribution in [0.2, 0.25) is 0 Å². The van der Waals surface area contributed by atoms with E-state index in [1.54, 1.807) is 26.8 Å². The van der Waals surface area contributed by atoms with Crippen LogP contribution in [0.1, 0.15) is 38.1 Å². The number of ether oxygens (including phenoxy) is 1. The molecule has 1 aromatic rings. The molecule has 0 aromatic heterocycles. The summed E-state index contributed by atoms with van der Waals surface area (Å²) in [6.07, 6.45) is -0.834. The molecule has 2 rings (SSSR count). The number of hydrogen-bond acceptors (Lipinski definition) is 3. The molecule has 7 heteroatoms. The van der Waals surface area contributed by atoms with Gasteiger partial charge in [-0.3, -0.25) is 0 Å². The number of fused-ring (bicyclic) bond motifs is 1. The molecule has 4 nitrogen and oxygen atoms in total. The van der Waals surface area contributed by atoms with Crippen molar-refractivity contribution in [2.24, 2.45) is 5.73 Å². The van der Waals surface area contributed by atoms with Crippen LogP contribution >= 0.6 is 0 Å². The molecule has 0 aliphatic carbocycles. The maximum atomic E-state index is 13.6. The van der Waals surface area contributed by atoms with Crippen molar-refractivity contribution >= 4 is 11.0 Å². The standard InChI is InChI=1S/C13H18F2N2O2S/c1-12(2,3)20(18)17-11(16)8-5-4-6-9-10(8)19-7-13(9,14)15/h4-6,11,17H,7,16H2,1-3H3/t11-,20+/m0/s1. The highest BCUT2D eigenvalue weighted by atomic mass is 32.2. The molecule has 0 saturated heterocycles. The average molecular weight is 304 g/mol. The predicted molar refractivity (Wildman–Crippen MR) is 73.8 cm³/mol. The summed E-state index contributed by atoms with van der Waals surface area (Å²) in [5.74, 6) is -2.92. The highest BCUT2D eigenvalue weighted by Gasteiger charge is 2.43. The van der Waals surface area contributed by atoms with Crippen molar-refractivity contribution in [3.8, 4) is 5.75 Å². The molecule has 0 unspecified atom stereocenters. The normalized spacial score (nSPS) is 20.1. The van der Waals surface area contributed by atoms with E-state index in [0.717, 1.165) is 0 Å². The molecule has 1 aliphatic heterocycles. The first-order valence-corrected chi connectivity index (χ1v) is 7.35. The summed E-state index contributed by atoms with van der Waals surface area (Å²) in [7, 11) is -1.40. The van der Waals surface area contributed by atoms with Crippen molar-refractivity contribution in [3.05, 3.63) is 29.3 Å². The summed E-state index contributed by atoms with van der Waals surface area (Å²) >= 11 is 0. The first-order valence-electron chi connectivity index (χ1n) is 6.20. The molecule has 1 aromatic carbocycles. The van der Waals surface area contributed by atoms with Gasteiger partial charge in [0.05, 0.1) is 27.5 Å². The van der Waals surface area contributed by atoms with Gasteiger partial charge >= 0.3 is 5.92 Å². The van der Waals surface area contributed by atoms with Crippen molar-refractivity contribution in [1.29, 1.82) is 0 Å². The van der Waals surface area contributed by atoms with Gasteiger partial charge in [-0.15, -0.1) is 0 Å². The van der Waals surface area contributed by atoms with Crippen LogP contribution in [0.25, 0.3) is 0 Å². The fourth-order valence-corrected chi connectivity index (χ4v) is 2.56. The summed E-state index contributed by atoms with van der Waals surface area (Å²) in [4.78, 5) is 0. The summed E-state index contributed by atoms with van der Waals surface area (Å²) < 4.78 is 46.5. The number of hydrogen-bond donors (Lipinski definition) is 2. The monoisotopic (exact) mass is 304 g/mol. The molecule has 20 heavy (non-hydrogen) atoms. The van der Waals surface area contributed by atoms with Gasteiger partial charge in [-0.25, -0.2) is 8.93 Å². The van der Waals surface area contributed by atoms with E-state index in [1.165, 1.54) is 12.1 Å². The van der Waals surface area contributed by atoms with Gasteiger partial charge in [-0.1, -0.05) is 12.1 Å². The van der Waals surface area contributed by atoms with Gasteiger partial charge in [0.2, 0.25) is 0 Å². The SMILES string of the molecule is CC(C)(C)[S@@](=O)N[C@H](N)c1cccc2c1OCC2(F)F. The van der Waals surface area contributed by atoms with Crippen LogP contribution in [0.15, 0.2) is 18.2 Å². The molecule has 112 valence electrons. The molecule has 0 saturated carbocycles. The first-order chi connectivity index (χ1) is 9.13. The summed E-state index contributed by atoms with van der Waals surface area (Å²) in [5.41, 5.74) is 6.14. The first kappa shape index (κ1) is 15.3. The summed E-state index contributed by atoms with van der Waals surface area (Å²) in [5, 5.41) is 0. The van der Waals surface area contributed by atoms with Crippen LogP contribution in [0, 0.1) is 0 Å². The Hall–Kier alpha value is -1.05. The lowest BCUT2D eigenvalue weighted by molar-refractivity contribution is -0.0214. The van der Waals surface area contributed by atoms with Crippen LogP contribution < -0.4 is 15.2 Å². The van der Waals surface area contributed by atoms with Crippen molar-refractivity contribution < 1.29 is 17.7 Å². The molecular formula is C13H18F2N2O2S. The quantitative estimate of drug-likeness (QED) is 0.841. The van der Waals surface area contributed by atoms with Gasteiger partial charge in [0, 0.05) is 5.56 Å². The van der Waals surface area contributed by atoms with Gasteiger partial charge in [0.25, 0.3) is 0 Å². The molecule has 0 amide bonds. The number of rotatable bonds is 3. The van der Waals surface area contributed by atoms with E-state index < -0.39 is 34.4 Å². The van der Waals surface area contributed by atoms with Crippen LogP contribution in [0.5, 0.6) is 5.75 Å². The second-order valence-corrected chi connectivity index (χ2v) is 7.69. The van der Waals surface area contributed by atoms with E-state index in [0.29, 0.717) is 5.56 Å². The van der Waals surface area contributed by atoms with Crippen LogP contribution in [-0.2, 0) is 16.9 Å². The third kappa shape index (κ3) is 2.84. The van der Waals surface area contributed by atoms with Crippen molar-refractivity contribution in [2.45, 2.75) is 37.6 Å². The van der Waals surface area contributed by atoms with Crippen LogP contribution in [-0.4, -0.2) is 15.6 Å². The predicted octanol–water partition coefficient (Wildman–Crippen LogP) is 2.18. The number of benzene rings is 1. The van der Waals surface area contributed by atoms with E-state index in [-0.39, 0.29) is 11.3 Å². The Morgan fingerprint density at radius 2 is 2.10 bits per heavy atom. The highest BCUT2D eigenvalue weighted by Crippen LogP contribution is 2.44. The van der Waals surface area contributed by atoms with Gasteiger partial charge in [-0.05, 0) is 26.8 Å². The maximum absolute atomic E-state index is 13.6. The second kappa shape index (κ2) is 5.05. The maximum Gasteiger partial charge on any atom is 0.310 e. The number of para-hydroxylation sites is 1. The van der Waals surface area contributed by atoms with Crippen molar-refractivity contribution in [2.75, 3.05) is 6.61 Å². The van der Waals surface area contributed by atoms with E-state index in [2.05, 4.69) is 4.72 Å². The molecule has 0 radical (unpaired) electrons. The Bertz CT molecular complexity index is 544. The zero-order valence-electron chi connectivity index (χ0n) is 11.6. The van der Waals surface area contributed by atoms with E-state index in [4.69, 9.17) is 10.5 Å². The average Bonchev–Trinajstić information content (AvgIpc) is 2.64. The zero-order valence-corrected chi connectivity index (χ0v) is 12.4. The van der Waals surface area contributed by atoms with Crippen molar-refractivity contribution in [1.82, 2.24) is 4.72 Å². The van der Waals surface area contributed by atoms with E-state index in [9.17, 15) is 13.0 Å². The minimum atomic E-state index is -3.01. The molecule has 1 heterocycles. The molecule has 0 bridgehead atoms. The zero-order chi connectivity index (χ0) is 15.1.